The number of carbonyl (C=O) groups is 3. The summed E-state index contributed by atoms with van der Waals surface area (Å²) in [5, 5.41) is 7.88. The van der Waals surface area contributed by atoms with Crippen LogP contribution in [-0.4, -0.2) is 46.8 Å². The quantitative estimate of drug-likeness (QED) is 0.0854. The van der Waals surface area contributed by atoms with Gasteiger partial charge in [-0.05, 0) is 64.4 Å². The molecule has 1 aromatic heterocycles. The molecule has 0 aliphatic carbocycles. The lowest BCUT2D eigenvalue weighted by Crippen LogP contribution is -2.51. The van der Waals surface area contributed by atoms with Crippen molar-refractivity contribution in [2.75, 3.05) is 7.11 Å². The van der Waals surface area contributed by atoms with Gasteiger partial charge >= 0.3 is 0 Å². The normalized spacial score (nSPS) is 13.2. The number of carbonyl (C=O) groups excluding carboxylic acids is 3. The smallest absolute Gasteiger partial charge is 0.243 e. The van der Waals surface area contributed by atoms with Crippen LogP contribution >= 0.6 is 0 Å². The van der Waals surface area contributed by atoms with Crippen LogP contribution in [0.25, 0.3) is 10.8 Å². The first-order chi connectivity index (χ1) is 25.7. The van der Waals surface area contributed by atoms with Crippen molar-refractivity contribution in [1.82, 2.24) is 20.2 Å². The summed E-state index contributed by atoms with van der Waals surface area (Å²) in [6.45, 7) is 5.82. The molecule has 0 spiro atoms. The third kappa shape index (κ3) is 8.07. The Balaban J connectivity index is 1.22. The van der Waals surface area contributed by atoms with Crippen molar-refractivity contribution in [1.29, 1.82) is 0 Å². The molecule has 53 heavy (non-hydrogen) atoms. The molecular formula is C45H46N4O4. The maximum absolute atomic E-state index is 13.8. The highest BCUT2D eigenvalue weighted by Gasteiger charge is 2.38. The molecule has 2 amide bonds. The molecule has 6 aromatic rings. The number of nitrogens with zero attached hydrogens (tertiary/aromatic N) is 2. The maximum atomic E-state index is 13.8. The van der Waals surface area contributed by atoms with Crippen molar-refractivity contribution in [2.45, 2.75) is 57.2 Å². The topological polar surface area (TPSA) is 102 Å². The first kappa shape index (κ1) is 36.8. The zero-order chi connectivity index (χ0) is 37.4. The van der Waals surface area contributed by atoms with E-state index in [9.17, 15) is 14.4 Å². The standard InChI is InChI=1S/C45H46N4O4/c1-31(2)24-42(48-43(51)32(3)33-20-21-35-26-41(53-4)23-22-34(35)25-33)44(52)47-40(29-50)27-39-28-49(30-46-39)45(36-14-8-5-9-15-36,37-16-10-6-11-17-37)38-18-12-7-13-19-38/h5-23,25-26,28-32,40,42H,24,27H2,1-4H3,(H,47,52)(H,48,51)/t32-,40-,42-/m0/s1. The van der Waals surface area contributed by atoms with Crippen molar-refractivity contribution in [3.8, 4) is 5.75 Å². The van der Waals surface area contributed by atoms with Gasteiger partial charge in [0.25, 0.3) is 0 Å². The monoisotopic (exact) mass is 706 g/mol. The van der Waals surface area contributed by atoms with E-state index in [4.69, 9.17) is 9.72 Å². The fourth-order valence-corrected chi connectivity index (χ4v) is 7.07. The van der Waals surface area contributed by atoms with Crippen LogP contribution in [0.2, 0.25) is 0 Å². The van der Waals surface area contributed by atoms with Gasteiger partial charge in [-0.3, -0.25) is 9.59 Å². The SMILES string of the molecule is COc1ccc2cc([C@H](C)C(=O)N[C@@H](CC(C)C)C(=O)N[C@H](C=O)Cc3cn(C(c4ccccc4)(c4ccccc4)c4ccccc4)cn3)ccc2c1. The molecule has 1 heterocycles. The van der Waals surface area contributed by atoms with Crippen LogP contribution in [0.1, 0.15) is 61.1 Å². The predicted octanol–water partition coefficient (Wildman–Crippen LogP) is 7.45. The van der Waals surface area contributed by atoms with E-state index in [-0.39, 0.29) is 18.2 Å². The molecule has 0 fully saturated rings. The summed E-state index contributed by atoms with van der Waals surface area (Å²) >= 11 is 0. The number of nitrogens with one attached hydrogen (secondary N) is 2. The number of imidazole rings is 1. The lowest BCUT2D eigenvalue weighted by Gasteiger charge is -2.37. The minimum Gasteiger partial charge on any atom is -0.497 e. The fraction of sp³-hybridized carbons (Fsp3) is 0.244. The van der Waals surface area contributed by atoms with E-state index in [2.05, 4.69) is 51.6 Å². The molecule has 0 aliphatic heterocycles. The molecule has 2 N–H and O–H groups in total. The zero-order valence-corrected chi connectivity index (χ0v) is 30.6. The average Bonchev–Trinajstić information content (AvgIpc) is 3.66. The number of fused-ring (bicyclic) bond motifs is 1. The van der Waals surface area contributed by atoms with Crippen molar-refractivity contribution in [3.63, 3.8) is 0 Å². The second-order valence-electron chi connectivity index (χ2n) is 13.9. The molecule has 0 saturated carbocycles. The van der Waals surface area contributed by atoms with Gasteiger partial charge in [0.05, 0.1) is 31.1 Å². The molecule has 5 aromatic carbocycles. The third-order valence-electron chi connectivity index (χ3n) is 9.82. The Hall–Kier alpha value is -6.02. The summed E-state index contributed by atoms with van der Waals surface area (Å²) in [6.07, 6.45) is 5.06. The van der Waals surface area contributed by atoms with Crippen molar-refractivity contribution in [3.05, 3.63) is 168 Å². The Labute approximate surface area is 311 Å². The summed E-state index contributed by atoms with van der Waals surface area (Å²) in [4.78, 5) is 44.6. The number of ether oxygens (including phenoxy) is 1. The minimum atomic E-state index is -0.855. The van der Waals surface area contributed by atoms with Crippen molar-refractivity contribution >= 4 is 28.9 Å². The first-order valence-corrected chi connectivity index (χ1v) is 18.1. The van der Waals surface area contributed by atoms with Crippen LogP contribution in [0.5, 0.6) is 5.75 Å². The number of benzene rings is 5. The molecule has 270 valence electrons. The molecule has 0 saturated heterocycles. The van der Waals surface area contributed by atoms with Crippen LogP contribution in [0.15, 0.2) is 140 Å². The maximum Gasteiger partial charge on any atom is 0.243 e. The van der Waals surface area contributed by atoms with E-state index in [1.54, 1.807) is 13.4 Å². The fourth-order valence-electron chi connectivity index (χ4n) is 7.07. The van der Waals surface area contributed by atoms with Gasteiger partial charge in [0.2, 0.25) is 11.8 Å². The summed E-state index contributed by atoms with van der Waals surface area (Å²) < 4.78 is 7.42. The number of hydrogen-bond acceptors (Lipinski definition) is 5. The summed E-state index contributed by atoms with van der Waals surface area (Å²) in [5.41, 5.74) is 3.87. The Kier molecular flexibility index (Phi) is 11.5. The molecule has 0 bridgehead atoms. The number of hydrogen-bond donors (Lipinski definition) is 2. The van der Waals surface area contributed by atoms with E-state index < -0.39 is 29.4 Å². The zero-order valence-electron chi connectivity index (χ0n) is 30.6. The van der Waals surface area contributed by atoms with E-state index in [0.29, 0.717) is 12.1 Å². The van der Waals surface area contributed by atoms with Crippen LogP contribution in [0.4, 0.5) is 0 Å². The molecule has 8 nitrogen and oxygen atoms in total. The lowest BCUT2D eigenvalue weighted by atomic mass is 9.77. The summed E-state index contributed by atoms with van der Waals surface area (Å²) in [5.74, 6) is -0.300. The van der Waals surface area contributed by atoms with E-state index in [1.807, 2.05) is 118 Å². The number of rotatable bonds is 15. The second kappa shape index (κ2) is 16.5. The second-order valence-corrected chi connectivity index (χ2v) is 13.9. The van der Waals surface area contributed by atoms with Gasteiger partial charge in [0.1, 0.15) is 23.6 Å². The highest BCUT2D eigenvalue weighted by Crippen LogP contribution is 2.40. The van der Waals surface area contributed by atoms with Crippen molar-refractivity contribution < 1.29 is 19.1 Å². The van der Waals surface area contributed by atoms with Gasteiger partial charge < -0.3 is 24.7 Å². The van der Waals surface area contributed by atoms with Gasteiger partial charge in [-0.15, -0.1) is 0 Å². The number of methoxy groups -OCH3 is 1. The van der Waals surface area contributed by atoms with Gasteiger partial charge in [0.15, 0.2) is 0 Å². The molecule has 3 atom stereocenters. The predicted molar refractivity (Wildman–Crippen MR) is 209 cm³/mol. The number of aromatic nitrogens is 2. The first-order valence-electron chi connectivity index (χ1n) is 18.1. The third-order valence-corrected chi connectivity index (χ3v) is 9.82. The van der Waals surface area contributed by atoms with Crippen molar-refractivity contribution in [2.24, 2.45) is 5.92 Å². The summed E-state index contributed by atoms with van der Waals surface area (Å²) in [6, 6.07) is 40.8. The molecular weight excluding hydrogens is 661 g/mol. The van der Waals surface area contributed by atoms with Crippen LogP contribution < -0.4 is 15.4 Å². The van der Waals surface area contributed by atoms with E-state index >= 15 is 0 Å². The van der Waals surface area contributed by atoms with Crippen LogP contribution in [0, 0.1) is 5.92 Å². The molecule has 0 unspecified atom stereocenters. The van der Waals surface area contributed by atoms with Gasteiger partial charge in [-0.25, -0.2) is 4.98 Å². The Morgan fingerprint density at radius 2 is 1.32 bits per heavy atom. The van der Waals surface area contributed by atoms with Crippen LogP contribution in [-0.2, 0) is 26.3 Å². The van der Waals surface area contributed by atoms with Gasteiger partial charge in [0, 0.05) is 12.6 Å². The number of amides is 2. The van der Waals surface area contributed by atoms with Crippen LogP contribution in [0.3, 0.4) is 0 Å². The van der Waals surface area contributed by atoms with E-state index in [0.717, 1.165) is 45.1 Å². The molecule has 8 heteroatoms. The average molecular weight is 707 g/mol. The molecule has 0 radical (unpaired) electrons. The van der Waals surface area contributed by atoms with Gasteiger partial charge in [-0.2, -0.15) is 0 Å². The molecule has 0 aliphatic rings. The minimum absolute atomic E-state index is 0.115. The Bertz CT molecular complexity index is 2050. The largest absolute Gasteiger partial charge is 0.497 e. The highest BCUT2D eigenvalue weighted by atomic mass is 16.5. The Morgan fingerprint density at radius 1 is 0.755 bits per heavy atom. The van der Waals surface area contributed by atoms with Gasteiger partial charge in [-0.1, -0.05) is 129 Å². The lowest BCUT2D eigenvalue weighted by molar-refractivity contribution is -0.131. The Morgan fingerprint density at radius 3 is 1.87 bits per heavy atom. The summed E-state index contributed by atoms with van der Waals surface area (Å²) in [7, 11) is 1.63. The number of aldehydes is 1. The highest BCUT2D eigenvalue weighted by molar-refractivity contribution is 5.92. The molecule has 6 rings (SSSR count). The van der Waals surface area contributed by atoms with E-state index in [1.165, 1.54) is 0 Å².